The van der Waals surface area contributed by atoms with Gasteiger partial charge in [0, 0.05) is 31.0 Å². The Labute approximate surface area is 201 Å². The maximum atomic E-state index is 13.7. The minimum absolute atomic E-state index is 0.388. The van der Waals surface area contributed by atoms with Crippen LogP contribution in [0.3, 0.4) is 0 Å². The van der Waals surface area contributed by atoms with Gasteiger partial charge in [-0.2, -0.15) is 13.5 Å². The first-order valence-corrected chi connectivity index (χ1v) is 13.5. The molecule has 2 amide bonds. The summed E-state index contributed by atoms with van der Waals surface area (Å²) in [5.41, 5.74) is 5.66. The van der Waals surface area contributed by atoms with E-state index in [0.29, 0.717) is 25.3 Å². The van der Waals surface area contributed by atoms with Crippen LogP contribution >= 0.6 is 0 Å². The predicted octanol–water partition coefficient (Wildman–Crippen LogP) is 3.09. The third-order valence-corrected chi connectivity index (χ3v) is 8.76. The number of hydrogen-bond acceptors (Lipinski definition) is 5. The van der Waals surface area contributed by atoms with E-state index < -0.39 is 21.7 Å². The normalized spacial score (nSPS) is 21.1. The summed E-state index contributed by atoms with van der Waals surface area (Å²) in [6.45, 7) is 4.84. The van der Waals surface area contributed by atoms with Crippen molar-refractivity contribution in [2.24, 2.45) is 12.5 Å². The summed E-state index contributed by atoms with van der Waals surface area (Å²) < 4.78 is 38.1. The van der Waals surface area contributed by atoms with Crippen molar-refractivity contribution in [2.75, 3.05) is 22.8 Å². The first kappa shape index (κ1) is 23.2. The van der Waals surface area contributed by atoms with E-state index in [1.165, 1.54) is 21.6 Å². The van der Waals surface area contributed by atoms with Crippen molar-refractivity contribution >= 4 is 27.6 Å². The van der Waals surface area contributed by atoms with Crippen LogP contribution in [-0.2, 0) is 47.7 Å². The van der Waals surface area contributed by atoms with Gasteiger partial charge < -0.3 is 10.1 Å². The Morgan fingerprint density at radius 1 is 1.18 bits per heavy atom. The Morgan fingerprint density at radius 3 is 2.44 bits per heavy atom. The number of amides is 2. The van der Waals surface area contributed by atoms with E-state index in [1.807, 2.05) is 13.8 Å². The Kier molecular flexibility index (Phi) is 5.84. The molecule has 1 unspecified atom stereocenters. The summed E-state index contributed by atoms with van der Waals surface area (Å²) in [6, 6.07) is 1.16. The largest absolute Gasteiger partial charge is 0.381 e. The molecule has 2 aromatic rings. The van der Waals surface area contributed by atoms with Gasteiger partial charge in [0.05, 0.1) is 24.5 Å². The van der Waals surface area contributed by atoms with Crippen LogP contribution in [0, 0.1) is 5.41 Å². The molecule has 2 N–H and O–H groups in total. The lowest BCUT2D eigenvalue weighted by Gasteiger charge is -2.44. The third-order valence-electron chi connectivity index (χ3n) is 7.33. The number of benzene rings is 1. The fourth-order valence-corrected chi connectivity index (χ4v) is 7.21. The molecule has 2 aliphatic carbocycles. The quantitative estimate of drug-likeness (QED) is 0.674. The molecule has 9 nitrogen and oxygen atoms in total. The highest BCUT2D eigenvalue weighted by molar-refractivity contribution is 7.91. The molecule has 184 valence electrons. The molecule has 1 aromatic carbocycles. The lowest BCUT2D eigenvalue weighted by molar-refractivity contribution is -0.000596. The lowest BCUT2D eigenvalue weighted by Crippen LogP contribution is -2.57. The zero-order chi connectivity index (χ0) is 24.1. The number of nitrogens with one attached hydrogen (secondary N) is 2. The zero-order valence-electron chi connectivity index (χ0n) is 20.1. The van der Waals surface area contributed by atoms with Gasteiger partial charge >= 0.3 is 16.2 Å². The highest BCUT2D eigenvalue weighted by Gasteiger charge is 2.43. The van der Waals surface area contributed by atoms with Crippen LogP contribution < -0.4 is 14.3 Å². The van der Waals surface area contributed by atoms with Gasteiger partial charge in [-0.05, 0) is 67.2 Å². The number of nitrogens with zero attached hydrogens (tertiary/aromatic N) is 3. The first-order valence-electron chi connectivity index (χ1n) is 12.0. The molecular weight excluding hydrogens is 454 g/mol. The SMILES string of the molecule is Cn1cc(N(C2CCOCC2(C)C)S(=O)(=O)NC(=O)Nc2c3c(cc4c2CCC4)CCC3)cn1. The molecule has 0 radical (unpaired) electrons. The molecule has 10 heteroatoms. The summed E-state index contributed by atoms with van der Waals surface area (Å²) in [6.07, 6.45) is 9.62. The van der Waals surface area contributed by atoms with Gasteiger partial charge in [0.2, 0.25) is 0 Å². The van der Waals surface area contributed by atoms with Crippen molar-refractivity contribution in [3.05, 3.63) is 40.7 Å². The van der Waals surface area contributed by atoms with Gasteiger partial charge in [0.15, 0.2) is 0 Å². The first-order chi connectivity index (χ1) is 16.2. The van der Waals surface area contributed by atoms with E-state index >= 15 is 0 Å². The van der Waals surface area contributed by atoms with E-state index in [0.717, 1.165) is 55.3 Å². The van der Waals surface area contributed by atoms with Crippen LogP contribution in [0.15, 0.2) is 18.5 Å². The fourth-order valence-electron chi connectivity index (χ4n) is 5.73. The van der Waals surface area contributed by atoms with Gasteiger partial charge in [0.25, 0.3) is 0 Å². The molecule has 1 fully saturated rings. The second kappa shape index (κ2) is 8.57. The monoisotopic (exact) mass is 487 g/mol. The van der Waals surface area contributed by atoms with Crippen LogP contribution in [0.1, 0.15) is 55.4 Å². The highest BCUT2D eigenvalue weighted by atomic mass is 32.2. The Morgan fingerprint density at radius 2 is 1.85 bits per heavy atom. The van der Waals surface area contributed by atoms with Crippen molar-refractivity contribution in [2.45, 2.75) is 64.8 Å². The standard InChI is InChI=1S/C24H33N5O4S/c1-24(2)15-33-11-10-21(24)29(18-13-25-28(3)14-18)34(31,32)27-23(30)26-22-19-8-4-6-16(19)12-17-7-5-9-20(17)22/h12-14,21H,4-11,15H2,1-3H3,(H2,26,27,30). The summed E-state index contributed by atoms with van der Waals surface area (Å²) in [5.74, 6) is 0. The molecule has 5 rings (SSSR count). The molecule has 1 aliphatic heterocycles. The second-order valence-electron chi connectivity index (χ2n) is 10.3. The van der Waals surface area contributed by atoms with Gasteiger partial charge in [-0.15, -0.1) is 0 Å². The second-order valence-corrected chi connectivity index (χ2v) is 11.9. The van der Waals surface area contributed by atoms with Crippen molar-refractivity contribution in [3.63, 3.8) is 0 Å². The van der Waals surface area contributed by atoms with E-state index in [4.69, 9.17) is 4.74 Å². The number of fused-ring (bicyclic) bond motifs is 2. The Hall–Kier alpha value is -2.59. The molecule has 1 atom stereocenters. The summed E-state index contributed by atoms with van der Waals surface area (Å²) in [7, 11) is -2.48. The summed E-state index contributed by atoms with van der Waals surface area (Å²) in [4.78, 5) is 13.1. The molecule has 34 heavy (non-hydrogen) atoms. The highest BCUT2D eigenvalue weighted by Crippen LogP contribution is 2.39. The number of hydrogen-bond donors (Lipinski definition) is 2. The molecule has 0 bridgehead atoms. The number of carbonyl (C=O) groups is 1. The van der Waals surface area contributed by atoms with Gasteiger partial charge in [-0.3, -0.25) is 4.68 Å². The molecule has 3 aliphatic rings. The molecule has 0 saturated carbocycles. The number of aryl methyl sites for hydroxylation is 3. The topological polar surface area (TPSA) is 106 Å². The smallest absolute Gasteiger partial charge is 0.334 e. The minimum Gasteiger partial charge on any atom is -0.381 e. The van der Waals surface area contributed by atoms with Crippen molar-refractivity contribution in [3.8, 4) is 0 Å². The summed E-state index contributed by atoms with van der Waals surface area (Å²) >= 11 is 0. The third kappa shape index (κ3) is 4.17. The van der Waals surface area contributed by atoms with E-state index in [-0.39, 0.29) is 6.04 Å². The van der Waals surface area contributed by atoms with Crippen LogP contribution in [0.25, 0.3) is 0 Å². The number of anilines is 2. The molecule has 2 heterocycles. The predicted molar refractivity (Wildman–Crippen MR) is 130 cm³/mol. The molecular formula is C24H33N5O4S. The lowest BCUT2D eigenvalue weighted by atomic mass is 9.82. The van der Waals surface area contributed by atoms with Crippen molar-refractivity contribution < 1.29 is 17.9 Å². The molecule has 0 spiro atoms. The minimum atomic E-state index is -4.22. The molecule has 1 aromatic heterocycles. The maximum Gasteiger partial charge on any atom is 0.334 e. The number of ether oxygens (including phenoxy) is 1. The van der Waals surface area contributed by atoms with Crippen molar-refractivity contribution in [1.82, 2.24) is 14.5 Å². The van der Waals surface area contributed by atoms with E-state index in [1.54, 1.807) is 17.9 Å². The maximum absolute atomic E-state index is 13.7. The van der Waals surface area contributed by atoms with Gasteiger partial charge in [0.1, 0.15) is 0 Å². The zero-order valence-corrected chi connectivity index (χ0v) is 20.9. The van der Waals surface area contributed by atoms with Crippen LogP contribution in [0.5, 0.6) is 0 Å². The summed E-state index contributed by atoms with van der Waals surface area (Å²) in [5, 5.41) is 7.10. The average Bonchev–Trinajstić information content (AvgIpc) is 3.49. The average molecular weight is 488 g/mol. The van der Waals surface area contributed by atoms with Gasteiger partial charge in [-0.1, -0.05) is 19.9 Å². The number of rotatable bonds is 5. The fraction of sp³-hybridized carbons (Fsp3) is 0.583. The van der Waals surface area contributed by atoms with E-state index in [9.17, 15) is 13.2 Å². The van der Waals surface area contributed by atoms with Crippen LogP contribution in [-0.4, -0.2) is 43.5 Å². The van der Waals surface area contributed by atoms with Crippen LogP contribution in [0.2, 0.25) is 0 Å². The van der Waals surface area contributed by atoms with Gasteiger partial charge in [-0.25, -0.2) is 13.8 Å². The Balaban J connectivity index is 1.44. The number of aromatic nitrogens is 2. The Bertz CT molecular complexity index is 1190. The number of carbonyl (C=O) groups excluding carboxylic acids is 1. The number of urea groups is 1. The van der Waals surface area contributed by atoms with Crippen LogP contribution in [0.4, 0.5) is 16.2 Å². The van der Waals surface area contributed by atoms with E-state index in [2.05, 4.69) is 21.2 Å². The van der Waals surface area contributed by atoms with Crippen molar-refractivity contribution in [1.29, 1.82) is 0 Å². The molecule has 1 saturated heterocycles.